The Morgan fingerprint density at radius 2 is 2.10 bits per heavy atom. The molecule has 0 unspecified atom stereocenters. The van der Waals surface area contributed by atoms with E-state index < -0.39 is 6.10 Å². The van der Waals surface area contributed by atoms with E-state index in [-0.39, 0.29) is 18.3 Å². The fraction of sp³-hybridized carbons (Fsp3) is 0.562. The molecular weight excluding hydrogens is 268 g/mol. The molecule has 1 aromatic rings. The molecular formula is C16H26N2O3. The van der Waals surface area contributed by atoms with E-state index >= 15 is 0 Å². The number of likely N-dealkylation sites (N-methyl/N-ethyl adjacent to an activating group) is 1. The first-order chi connectivity index (χ1) is 9.93. The lowest BCUT2D eigenvalue weighted by atomic mass is 10.1. The molecule has 0 radical (unpaired) electrons. The van der Waals surface area contributed by atoms with Gasteiger partial charge in [0.15, 0.2) is 0 Å². The molecule has 0 heterocycles. The van der Waals surface area contributed by atoms with Crippen LogP contribution < -0.4 is 5.32 Å². The molecule has 118 valence electrons. The molecule has 0 aliphatic carbocycles. The molecule has 0 bridgehead atoms. The summed E-state index contributed by atoms with van der Waals surface area (Å²) in [5, 5.41) is 22.5. The van der Waals surface area contributed by atoms with Crippen LogP contribution in [0.2, 0.25) is 0 Å². The Bertz CT molecular complexity index is 449. The quantitative estimate of drug-likeness (QED) is 0.723. The zero-order valence-electron chi connectivity index (χ0n) is 13.0. The molecule has 1 atom stereocenters. The number of urea groups is 1. The summed E-state index contributed by atoms with van der Waals surface area (Å²) in [6.07, 6.45) is 0.117. The maximum absolute atomic E-state index is 12.0. The van der Waals surface area contributed by atoms with Crippen molar-refractivity contribution < 1.29 is 15.0 Å². The fourth-order valence-corrected chi connectivity index (χ4v) is 1.98. The summed E-state index contributed by atoms with van der Waals surface area (Å²) < 4.78 is 0. The summed E-state index contributed by atoms with van der Waals surface area (Å²) in [5.41, 5.74) is 0.600. The van der Waals surface area contributed by atoms with Crippen LogP contribution in [0.25, 0.3) is 0 Å². The number of benzene rings is 1. The summed E-state index contributed by atoms with van der Waals surface area (Å²) in [6, 6.07) is 6.29. The number of hydrogen-bond donors (Lipinski definition) is 3. The first-order valence-corrected chi connectivity index (χ1v) is 7.43. The van der Waals surface area contributed by atoms with Gasteiger partial charge in [-0.15, -0.1) is 0 Å². The van der Waals surface area contributed by atoms with Gasteiger partial charge in [0.2, 0.25) is 0 Å². The number of nitrogens with one attached hydrogen (secondary N) is 1. The third-order valence-corrected chi connectivity index (χ3v) is 3.32. The van der Waals surface area contributed by atoms with Gasteiger partial charge in [-0.3, -0.25) is 0 Å². The number of hydrogen-bond acceptors (Lipinski definition) is 3. The van der Waals surface area contributed by atoms with E-state index in [0.717, 1.165) is 6.42 Å². The molecule has 5 nitrogen and oxygen atoms in total. The van der Waals surface area contributed by atoms with E-state index in [0.29, 0.717) is 24.6 Å². The number of nitrogens with zero attached hydrogens (tertiary/aromatic N) is 1. The number of aromatic hydroxyl groups is 1. The smallest absolute Gasteiger partial charge is 0.317 e. The van der Waals surface area contributed by atoms with Gasteiger partial charge >= 0.3 is 6.03 Å². The highest BCUT2D eigenvalue weighted by atomic mass is 16.3. The van der Waals surface area contributed by atoms with Crippen LogP contribution in [0.4, 0.5) is 4.79 Å². The number of rotatable bonds is 7. The molecule has 1 aromatic carbocycles. The molecule has 0 saturated carbocycles. The molecule has 0 fully saturated rings. The first kappa shape index (κ1) is 17.3. The lowest BCUT2D eigenvalue weighted by Gasteiger charge is -2.24. The molecule has 0 spiro atoms. The predicted octanol–water partition coefficient (Wildman–Crippen LogP) is 2.50. The van der Waals surface area contributed by atoms with Crippen LogP contribution in [-0.2, 0) is 0 Å². The maximum Gasteiger partial charge on any atom is 0.317 e. The van der Waals surface area contributed by atoms with Crippen LogP contribution in [-0.4, -0.2) is 40.8 Å². The summed E-state index contributed by atoms with van der Waals surface area (Å²) in [6.45, 7) is 7.44. The average molecular weight is 294 g/mol. The summed E-state index contributed by atoms with van der Waals surface area (Å²) in [5.74, 6) is 0.647. The van der Waals surface area contributed by atoms with E-state index in [2.05, 4.69) is 19.2 Å². The van der Waals surface area contributed by atoms with Gasteiger partial charge < -0.3 is 20.4 Å². The minimum atomic E-state index is -0.812. The fourth-order valence-electron chi connectivity index (χ4n) is 1.98. The van der Waals surface area contributed by atoms with Crippen molar-refractivity contribution in [2.24, 2.45) is 5.92 Å². The minimum absolute atomic E-state index is 0.107. The Kier molecular flexibility index (Phi) is 7.02. The third kappa shape index (κ3) is 6.04. The van der Waals surface area contributed by atoms with Crippen molar-refractivity contribution in [1.29, 1.82) is 0 Å². The van der Waals surface area contributed by atoms with Crippen LogP contribution >= 0.6 is 0 Å². The van der Waals surface area contributed by atoms with E-state index in [9.17, 15) is 15.0 Å². The summed E-state index contributed by atoms with van der Waals surface area (Å²) in [4.78, 5) is 13.6. The van der Waals surface area contributed by atoms with Crippen LogP contribution in [0, 0.1) is 5.92 Å². The van der Waals surface area contributed by atoms with Crippen molar-refractivity contribution in [2.45, 2.75) is 33.3 Å². The number of carbonyl (C=O) groups is 1. The van der Waals surface area contributed by atoms with Gasteiger partial charge in [0.1, 0.15) is 5.75 Å². The number of aliphatic hydroxyl groups excluding tert-OH is 1. The lowest BCUT2D eigenvalue weighted by molar-refractivity contribution is 0.123. The van der Waals surface area contributed by atoms with Gasteiger partial charge in [0.05, 0.1) is 12.6 Å². The molecule has 0 saturated heterocycles. The van der Waals surface area contributed by atoms with Gasteiger partial charge in [-0.2, -0.15) is 0 Å². The monoisotopic (exact) mass is 294 g/mol. The molecule has 2 amide bonds. The Balaban J connectivity index is 2.54. The van der Waals surface area contributed by atoms with Crippen LogP contribution in [0.5, 0.6) is 5.75 Å². The van der Waals surface area contributed by atoms with Crippen LogP contribution in [0.15, 0.2) is 24.3 Å². The van der Waals surface area contributed by atoms with Crippen molar-refractivity contribution in [3.8, 4) is 5.75 Å². The number of phenols is 1. The number of amides is 2. The Morgan fingerprint density at radius 1 is 1.38 bits per heavy atom. The third-order valence-electron chi connectivity index (χ3n) is 3.32. The lowest BCUT2D eigenvalue weighted by Crippen LogP contribution is -2.42. The van der Waals surface area contributed by atoms with E-state index in [1.54, 1.807) is 23.1 Å². The van der Waals surface area contributed by atoms with Gasteiger partial charge in [-0.1, -0.05) is 26.0 Å². The second-order valence-corrected chi connectivity index (χ2v) is 5.56. The zero-order valence-corrected chi connectivity index (χ0v) is 13.0. The Labute approximate surface area is 126 Å². The van der Waals surface area contributed by atoms with Crippen LogP contribution in [0.3, 0.4) is 0 Å². The van der Waals surface area contributed by atoms with E-state index in [1.165, 1.54) is 6.07 Å². The molecule has 0 aromatic heterocycles. The molecule has 0 aliphatic heterocycles. The normalized spacial score (nSPS) is 12.2. The van der Waals surface area contributed by atoms with Gasteiger partial charge in [-0.25, -0.2) is 4.79 Å². The number of phenolic OH excluding ortho intramolecular Hbond substituents is 1. The summed E-state index contributed by atoms with van der Waals surface area (Å²) in [7, 11) is 0. The molecule has 0 aliphatic rings. The molecule has 5 heteroatoms. The minimum Gasteiger partial charge on any atom is -0.508 e. The first-order valence-electron chi connectivity index (χ1n) is 7.43. The average Bonchev–Trinajstić information content (AvgIpc) is 2.43. The Hall–Kier alpha value is -1.75. The van der Waals surface area contributed by atoms with Gasteiger partial charge in [-0.05, 0) is 37.0 Å². The highest BCUT2D eigenvalue weighted by Crippen LogP contribution is 2.19. The summed E-state index contributed by atoms with van der Waals surface area (Å²) >= 11 is 0. The number of carbonyl (C=O) groups excluding carboxylic acids is 1. The van der Waals surface area contributed by atoms with Crippen LogP contribution in [0.1, 0.15) is 38.9 Å². The highest BCUT2D eigenvalue weighted by molar-refractivity contribution is 5.74. The molecule has 1 rings (SSSR count). The molecule has 3 N–H and O–H groups in total. The second kappa shape index (κ2) is 8.52. The number of aliphatic hydroxyl groups is 1. The Morgan fingerprint density at radius 3 is 2.67 bits per heavy atom. The SMILES string of the molecule is CCN(C[C@@H](O)c1cccc(O)c1)C(=O)NCCC(C)C. The van der Waals surface area contributed by atoms with Gasteiger partial charge in [0, 0.05) is 13.1 Å². The highest BCUT2D eigenvalue weighted by Gasteiger charge is 2.17. The predicted molar refractivity (Wildman–Crippen MR) is 83.2 cm³/mol. The van der Waals surface area contributed by atoms with E-state index in [1.807, 2.05) is 6.92 Å². The van der Waals surface area contributed by atoms with Gasteiger partial charge in [0.25, 0.3) is 0 Å². The van der Waals surface area contributed by atoms with Crippen molar-refractivity contribution in [1.82, 2.24) is 10.2 Å². The van der Waals surface area contributed by atoms with Crippen molar-refractivity contribution in [3.05, 3.63) is 29.8 Å². The second-order valence-electron chi connectivity index (χ2n) is 5.56. The van der Waals surface area contributed by atoms with Crippen molar-refractivity contribution >= 4 is 6.03 Å². The van der Waals surface area contributed by atoms with Crippen molar-refractivity contribution in [3.63, 3.8) is 0 Å². The zero-order chi connectivity index (χ0) is 15.8. The molecule has 21 heavy (non-hydrogen) atoms. The maximum atomic E-state index is 12.0. The topological polar surface area (TPSA) is 72.8 Å². The largest absolute Gasteiger partial charge is 0.508 e. The van der Waals surface area contributed by atoms with E-state index in [4.69, 9.17) is 0 Å². The standard InChI is InChI=1S/C16H26N2O3/c1-4-18(16(21)17-9-8-12(2)3)11-15(20)13-6-5-7-14(19)10-13/h5-7,10,12,15,19-20H,4,8-9,11H2,1-3H3,(H,17,21)/t15-/m1/s1. The van der Waals surface area contributed by atoms with Crippen molar-refractivity contribution in [2.75, 3.05) is 19.6 Å².